The van der Waals surface area contributed by atoms with E-state index in [1.165, 1.54) is 6.07 Å². The van der Waals surface area contributed by atoms with Crippen molar-refractivity contribution in [3.8, 4) is 0 Å². The number of thioether (sulfide) groups is 1. The van der Waals surface area contributed by atoms with Crippen LogP contribution in [0.15, 0.2) is 18.2 Å². The van der Waals surface area contributed by atoms with Crippen LogP contribution in [0.5, 0.6) is 0 Å². The van der Waals surface area contributed by atoms with Crippen LogP contribution in [0.2, 0.25) is 0 Å². The first-order valence-corrected chi connectivity index (χ1v) is 5.80. The van der Waals surface area contributed by atoms with Crippen LogP contribution in [0.25, 0.3) is 0 Å². The molecule has 14 heavy (non-hydrogen) atoms. The third-order valence-electron chi connectivity index (χ3n) is 2.58. The molecule has 1 aromatic carbocycles. The number of aliphatic hydroxyl groups is 1. The Morgan fingerprint density at radius 2 is 2.29 bits per heavy atom. The molecule has 0 amide bonds. The van der Waals surface area contributed by atoms with Crippen molar-refractivity contribution >= 4 is 11.8 Å². The van der Waals surface area contributed by atoms with E-state index in [1.807, 2.05) is 6.07 Å². The molecule has 0 saturated heterocycles. The minimum Gasteiger partial charge on any atom is -0.388 e. The standard InChI is InChI=1S/C11H13FOS/c1-7-5-11(13)8-3-2-4-10(12)9(8)6-14-7/h2-4,7,11,13H,5-6H2,1H3/t7?,11-/m0/s1. The lowest BCUT2D eigenvalue weighted by Crippen LogP contribution is -2.04. The highest BCUT2D eigenvalue weighted by molar-refractivity contribution is 7.99. The summed E-state index contributed by atoms with van der Waals surface area (Å²) in [5.74, 6) is 0.475. The Kier molecular flexibility index (Phi) is 2.79. The zero-order chi connectivity index (χ0) is 10.1. The fraction of sp³-hybridized carbons (Fsp3) is 0.455. The lowest BCUT2D eigenvalue weighted by Gasteiger charge is -2.12. The molecule has 1 N–H and O–H groups in total. The van der Waals surface area contributed by atoms with Gasteiger partial charge in [0.2, 0.25) is 0 Å². The molecule has 1 aromatic rings. The Bertz CT molecular complexity index is 340. The Hall–Kier alpha value is -0.540. The highest BCUT2D eigenvalue weighted by Gasteiger charge is 2.22. The van der Waals surface area contributed by atoms with Crippen LogP contribution in [0.1, 0.15) is 30.6 Å². The molecule has 2 atom stereocenters. The zero-order valence-corrected chi connectivity index (χ0v) is 8.85. The average Bonchev–Trinajstić information content (AvgIpc) is 2.28. The molecule has 1 heterocycles. The lowest BCUT2D eigenvalue weighted by molar-refractivity contribution is 0.168. The van der Waals surface area contributed by atoms with Crippen LogP contribution < -0.4 is 0 Å². The molecular weight excluding hydrogens is 199 g/mol. The number of fused-ring (bicyclic) bond motifs is 1. The molecule has 0 spiro atoms. The van der Waals surface area contributed by atoms with Crippen LogP contribution in [0.4, 0.5) is 4.39 Å². The number of aliphatic hydroxyl groups excluding tert-OH is 1. The maximum absolute atomic E-state index is 13.4. The average molecular weight is 212 g/mol. The maximum atomic E-state index is 13.4. The molecule has 0 fully saturated rings. The summed E-state index contributed by atoms with van der Waals surface area (Å²) in [6.07, 6.45) is 0.201. The van der Waals surface area contributed by atoms with E-state index in [0.29, 0.717) is 23.0 Å². The third-order valence-corrected chi connectivity index (χ3v) is 3.80. The second kappa shape index (κ2) is 3.91. The first kappa shape index (κ1) is 9.99. The van der Waals surface area contributed by atoms with Gasteiger partial charge in [0.25, 0.3) is 0 Å². The Morgan fingerprint density at radius 1 is 1.50 bits per heavy atom. The second-order valence-corrected chi connectivity index (χ2v) is 5.11. The maximum Gasteiger partial charge on any atom is 0.127 e. The van der Waals surface area contributed by atoms with Crippen LogP contribution >= 0.6 is 11.8 Å². The van der Waals surface area contributed by atoms with Crippen LogP contribution in [0, 0.1) is 5.82 Å². The van der Waals surface area contributed by atoms with Gasteiger partial charge in [-0.15, -0.1) is 0 Å². The van der Waals surface area contributed by atoms with E-state index in [0.717, 1.165) is 5.56 Å². The van der Waals surface area contributed by atoms with E-state index in [9.17, 15) is 9.50 Å². The van der Waals surface area contributed by atoms with Crippen molar-refractivity contribution in [2.45, 2.75) is 30.5 Å². The molecule has 0 radical (unpaired) electrons. The first-order chi connectivity index (χ1) is 6.68. The Morgan fingerprint density at radius 3 is 3.07 bits per heavy atom. The quantitative estimate of drug-likeness (QED) is 0.713. The van der Waals surface area contributed by atoms with Crippen molar-refractivity contribution in [3.05, 3.63) is 35.1 Å². The molecule has 0 aliphatic carbocycles. The van der Waals surface area contributed by atoms with Gasteiger partial charge in [0.15, 0.2) is 0 Å². The molecule has 1 aliphatic rings. The molecule has 0 saturated carbocycles. The van der Waals surface area contributed by atoms with Gasteiger partial charge in [-0.1, -0.05) is 19.1 Å². The van der Waals surface area contributed by atoms with Crippen LogP contribution in [-0.4, -0.2) is 10.4 Å². The summed E-state index contributed by atoms with van der Waals surface area (Å²) in [5, 5.41) is 10.2. The van der Waals surface area contributed by atoms with Crippen molar-refractivity contribution < 1.29 is 9.50 Å². The molecule has 2 rings (SSSR count). The predicted molar refractivity (Wildman–Crippen MR) is 56.7 cm³/mol. The van der Waals surface area contributed by atoms with E-state index in [4.69, 9.17) is 0 Å². The Balaban J connectivity index is 2.43. The van der Waals surface area contributed by atoms with Gasteiger partial charge in [0.1, 0.15) is 5.82 Å². The number of rotatable bonds is 0. The van der Waals surface area contributed by atoms with E-state index in [2.05, 4.69) is 6.92 Å². The highest BCUT2D eigenvalue weighted by Crippen LogP contribution is 2.35. The van der Waals surface area contributed by atoms with Gasteiger partial charge >= 0.3 is 0 Å². The van der Waals surface area contributed by atoms with E-state index >= 15 is 0 Å². The number of hydrogen-bond acceptors (Lipinski definition) is 2. The number of halogens is 1. The molecule has 3 heteroatoms. The molecular formula is C11H13FOS. The number of benzene rings is 1. The summed E-state index contributed by atoms with van der Waals surface area (Å²) in [6, 6.07) is 4.95. The fourth-order valence-electron chi connectivity index (χ4n) is 1.77. The smallest absolute Gasteiger partial charge is 0.127 e. The summed E-state index contributed by atoms with van der Waals surface area (Å²) in [5.41, 5.74) is 1.44. The predicted octanol–water partition coefficient (Wildman–Crippen LogP) is 2.88. The monoisotopic (exact) mass is 212 g/mol. The topological polar surface area (TPSA) is 20.2 Å². The summed E-state index contributed by atoms with van der Waals surface area (Å²) >= 11 is 1.70. The molecule has 1 unspecified atom stereocenters. The summed E-state index contributed by atoms with van der Waals surface area (Å²) in [6.45, 7) is 2.07. The summed E-state index contributed by atoms with van der Waals surface area (Å²) < 4.78 is 13.4. The molecule has 0 bridgehead atoms. The van der Waals surface area contributed by atoms with Gasteiger partial charge in [-0.25, -0.2) is 4.39 Å². The van der Waals surface area contributed by atoms with Crippen LogP contribution in [-0.2, 0) is 5.75 Å². The molecule has 0 aromatic heterocycles. The Labute approximate surface area is 87.3 Å². The SMILES string of the molecule is CC1C[C@H](O)c2cccc(F)c2CS1. The second-order valence-electron chi connectivity index (χ2n) is 3.68. The first-order valence-electron chi connectivity index (χ1n) is 4.75. The lowest BCUT2D eigenvalue weighted by atomic mass is 10.00. The van der Waals surface area contributed by atoms with Gasteiger partial charge in [0, 0.05) is 16.6 Å². The van der Waals surface area contributed by atoms with Crippen molar-refractivity contribution in [3.63, 3.8) is 0 Å². The van der Waals surface area contributed by atoms with Crippen LogP contribution in [0.3, 0.4) is 0 Å². The van der Waals surface area contributed by atoms with Gasteiger partial charge in [-0.2, -0.15) is 11.8 Å². The minimum atomic E-state index is -0.509. The van der Waals surface area contributed by atoms with E-state index in [1.54, 1.807) is 17.8 Å². The van der Waals surface area contributed by atoms with Gasteiger partial charge in [-0.05, 0) is 18.1 Å². The van der Waals surface area contributed by atoms with Crippen molar-refractivity contribution in [2.24, 2.45) is 0 Å². The molecule has 1 aliphatic heterocycles. The summed E-state index contributed by atoms with van der Waals surface area (Å²) in [4.78, 5) is 0. The van der Waals surface area contributed by atoms with E-state index in [-0.39, 0.29) is 5.82 Å². The van der Waals surface area contributed by atoms with Crippen molar-refractivity contribution in [1.29, 1.82) is 0 Å². The summed E-state index contributed by atoms with van der Waals surface area (Å²) in [7, 11) is 0. The largest absolute Gasteiger partial charge is 0.388 e. The third kappa shape index (κ3) is 1.79. The van der Waals surface area contributed by atoms with Gasteiger partial charge < -0.3 is 5.11 Å². The zero-order valence-electron chi connectivity index (χ0n) is 8.03. The number of hydrogen-bond donors (Lipinski definition) is 1. The van der Waals surface area contributed by atoms with Crippen molar-refractivity contribution in [2.75, 3.05) is 0 Å². The highest BCUT2D eigenvalue weighted by atomic mass is 32.2. The van der Waals surface area contributed by atoms with Gasteiger partial charge in [0.05, 0.1) is 6.10 Å². The minimum absolute atomic E-state index is 0.192. The fourth-order valence-corrected chi connectivity index (χ4v) is 2.85. The molecule has 76 valence electrons. The van der Waals surface area contributed by atoms with Gasteiger partial charge in [-0.3, -0.25) is 0 Å². The van der Waals surface area contributed by atoms with E-state index < -0.39 is 6.10 Å². The van der Waals surface area contributed by atoms with Crippen molar-refractivity contribution in [1.82, 2.24) is 0 Å². The normalized spacial score (nSPS) is 26.8. The molecule has 1 nitrogen and oxygen atoms in total.